The molecule has 2 rings (SSSR count). The van der Waals surface area contributed by atoms with Crippen LogP contribution in [0.25, 0.3) is 0 Å². The Morgan fingerprint density at radius 1 is 1.19 bits per heavy atom. The van der Waals surface area contributed by atoms with Crippen LogP contribution in [-0.4, -0.2) is 62.3 Å². The first-order chi connectivity index (χ1) is 13.2. The number of hydrogen-bond donors (Lipinski definition) is 3. The van der Waals surface area contributed by atoms with Gasteiger partial charge < -0.3 is 21.3 Å². The average Bonchev–Trinajstić information content (AvgIpc) is 2.70. The van der Waals surface area contributed by atoms with Gasteiger partial charge in [0.2, 0.25) is 5.91 Å². The smallest absolute Gasteiger partial charge is 0.220 e. The molecule has 0 bridgehead atoms. The first kappa shape index (κ1) is 21.6. The molecule has 0 spiro atoms. The second-order valence-electron chi connectivity index (χ2n) is 6.81. The number of rotatable bonds is 10. The van der Waals surface area contributed by atoms with Crippen molar-refractivity contribution in [1.29, 1.82) is 0 Å². The van der Waals surface area contributed by atoms with E-state index < -0.39 is 0 Å². The van der Waals surface area contributed by atoms with Crippen LogP contribution >= 0.6 is 11.8 Å². The van der Waals surface area contributed by atoms with E-state index in [9.17, 15) is 4.79 Å². The molecule has 7 heteroatoms. The lowest BCUT2D eigenvalue weighted by atomic mass is 9.96. The number of thioether (sulfide) groups is 1. The lowest BCUT2D eigenvalue weighted by molar-refractivity contribution is -0.123. The molecule has 150 valence electrons. The van der Waals surface area contributed by atoms with Crippen LogP contribution in [0.5, 0.6) is 0 Å². The van der Waals surface area contributed by atoms with Crippen molar-refractivity contribution in [1.82, 2.24) is 15.5 Å². The number of piperidine rings is 1. The van der Waals surface area contributed by atoms with E-state index in [0.29, 0.717) is 0 Å². The Bertz CT molecular complexity index is 573. The number of nitrogens with zero attached hydrogens (tertiary/aromatic N) is 2. The highest BCUT2D eigenvalue weighted by atomic mass is 32.2. The highest BCUT2D eigenvalue weighted by molar-refractivity contribution is 7.99. The van der Waals surface area contributed by atoms with Crippen molar-refractivity contribution < 1.29 is 4.79 Å². The Morgan fingerprint density at radius 3 is 2.56 bits per heavy atom. The van der Waals surface area contributed by atoms with E-state index in [1.165, 1.54) is 4.90 Å². The molecule has 0 aliphatic carbocycles. The predicted molar refractivity (Wildman–Crippen MR) is 114 cm³/mol. The second-order valence-corrected chi connectivity index (χ2v) is 7.98. The van der Waals surface area contributed by atoms with Gasteiger partial charge in [0.15, 0.2) is 5.96 Å². The van der Waals surface area contributed by atoms with Crippen molar-refractivity contribution >= 4 is 23.6 Å². The molecule has 1 heterocycles. The largest absolute Gasteiger partial charge is 0.369 e. The number of primary amides is 1. The molecular weight excluding hydrogens is 358 g/mol. The Morgan fingerprint density at radius 2 is 1.89 bits per heavy atom. The molecule has 0 unspecified atom stereocenters. The number of benzene rings is 1. The Labute approximate surface area is 167 Å². The first-order valence-corrected chi connectivity index (χ1v) is 10.8. The van der Waals surface area contributed by atoms with Crippen molar-refractivity contribution in [3.63, 3.8) is 0 Å². The zero-order chi connectivity index (χ0) is 19.3. The summed E-state index contributed by atoms with van der Waals surface area (Å²) < 4.78 is 0. The van der Waals surface area contributed by atoms with E-state index in [0.717, 1.165) is 70.1 Å². The molecule has 1 aliphatic rings. The summed E-state index contributed by atoms with van der Waals surface area (Å²) in [6.45, 7) is 4.87. The lowest BCUT2D eigenvalue weighted by Gasteiger charge is -2.30. The van der Waals surface area contributed by atoms with Gasteiger partial charge in [0.25, 0.3) is 0 Å². The molecule has 1 aromatic rings. The van der Waals surface area contributed by atoms with Crippen molar-refractivity contribution in [2.45, 2.75) is 30.6 Å². The summed E-state index contributed by atoms with van der Waals surface area (Å²) in [5, 5.41) is 6.74. The van der Waals surface area contributed by atoms with Crippen LogP contribution in [0.3, 0.4) is 0 Å². The molecule has 0 atom stereocenters. The summed E-state index contributed by atoms with van der Waals surface area (Å²) in [5.74, 6) is 1.81. The van der Waals surface area contributed by atoms with Crippen LogP contribution in [0.1, 0.15) is 25.7 Å². The lowest BCUT2D eigenvalue weighted by Crippen LogP contribution is -2.40. The topological polar surface area (TPSA) is 82.8 Å². The zero-order valence-corrected chi connectivity index (χ0v) is 17.1. The van der Waals surface area contributed by atoms with Gasteiger partial charge in [-0.05, 0) is 57.5 Å². The molecule has 6 nitrogen and oxygen atoms in total. The third-order valence-electron chi connectivity index (χ3n) is 4.81. The van der Waals surface area contributed by atoms with Crippen molar-refractivity contribution in [2.24, 2.45) is 16.6 Å². The molecule has 1 aromatic carbocycles. The zero-order valence-electron chi connectivity index (χ0n) is 16.3. The fourth-order valence-electron chi connectivity index (χ4n) is 3.18. The molecular formula is C20H33N5OS. The molecule has 0 saturated carbocycles. The number of guanidine groups is 1. The first-order valence-electron chi connectivity index (χ1n) is 9.83. The van der Waals surface area contributed by atoms with Crippen molar-refractivity contribution in [3.05, 3.63) is 30.3 Å². The molecule has 1 saturated heterocycles. The predicted octanol–water partition coefficient (Wildman–Crippen LogP) is 1.92. The van der Waals surface area contributed by atoms with Gasteiger partial charge in [-0.1, -0.05) is 18.2 Å². The number of carbonyl (C=O) groups is 1. The third-order valence-corrected chi connectivity index (χ3v) is 5.83. The normalized spacial score (nSPS) is 16.3. The highest BCUT2D eigenvalue weighted by Gasteiger charge is 2.22. The van der Waals surface area contributed by atoms with Crippen LogP contribution < -0.4 is 16.4 Å². The molecule has 1 amide bonds. The minimum atomic E-state index is -0.139. The van der Waals surface area contributed by atoms with Gasteiger partial charge in [0, 0.05) is 36.7 Å². The number of unbranched alkanes of at least 4 members (excludes halogenated alkanes) is 1. The van der Waals surface area contributed by atoms with Gasteiger partial charge in [-0.15, -0.1) is 11.8 Å². The van der Waals surface area contributed by atoms with Gasteiger partial charge >= 0.3 is 0 Å². The molecule has 27 heavy (non-hydrogen) atoms. The van der Waals surface area contributed by atoms with Crippen LogP contribution in [0, 0.1) is 5.92 Å². The number of aliphatic imine (C=N–C) groups is 1. The molecule has 0 radical (unpaired) electrons. The van der Waals surface area contributed by atoms with Crippen LogP contribution in [0.2, 0.25) is 0 Å². The summed E-state index contributed by atoms with van der Waals surface area (Å²) in [6.07, 6.45) is 4.07. The number of carbonyl (C=O) groups excluding carboxylic acids is 1. The average molecular weight is 392 g/mol. The number of amides is 1. The minimum Gasteiger partial charge on any atom is -0.369 e. The number of likely N-dealkylation sites (tertiary alicyclic amines) is 1. The third kappa shape index (κ3) is 8.67. The maximum Gasteiger partial charge on any atom is 0.220 e. The highest BCUT2D eigenvalue weighted by Crippen LogP contribution is 2.17. The van der Waals surface area contributed by atoms with Gasteiger partial charge in [-0.3, -0.25) is 9.79 Å². The maximum atomic E-state index is 11.2. The summed E-state index contributed by atoms with van der Waals surface area (Å²) in [4.78, 5) is 19.2. The summed E-state index contributed by atoms with van der Waals surface area (Å²) in [7, 11) is 1.81. The van der Waals surface area contributed by atoms with E-state index in [4.69, 9.17) is 5.73 Å². The fraction of sp³-hybridized carbons (Fsp3) is 0.600. The summed E-state index contributed by atoms with van der Waals surface area (Å²) >= 11 is 1.84. The number of nitrogens with two attached hydrogens (primary N) is 1. The van der Waals surface area contributed by atoms with E-state index in [-0.39, 0.29) is 11.8 Å². The van der Waals surface area contributed by atoms with E-state index in [2.05, 4.69) is 44.8 Å². The monoisotopic (exact) mass is 391 g/mol. The number of hydrogen-bond acceptors (Lipinski definition) is 4. The number of nitrogens with one attached hydrogen (secondary N) is 2. The standard InChI is InChI=1S/C20H33N5OS/c1-22-20(24-12-16-27-18-7-3-2-4-8-18)23-11-5-6-13-25-14-9-17(10-15-25)19(21)26/h2-4,7-8,17H,5-6,9-16H2,1H3,(H2,21,26)(H2,22,23,24). The fourth-order valence-corrected chi connectivity index (χ4v) is 3.97. The van der Waals surface area contributed by atoms with E-state index in [1.807, 2.05) is 24.9 Å². The molecule has 0 aromatic heterocycles. The summed E-state index contributed by atoms with van der Waals surface area (Å²) in [5.41, 5.74) is 5.38. The Kier molecular flexibility index (Phi) is 10.1. The molecule has 4 N–H and O–H groups in total. The molecule has 1 aliphatic heterocycles. The van der Waals surface area contributed by atoms with Crippen LogP contribution in [0.15, 0.2) is 40.2 Å². The van der Waals surface area contributed by atoms with E-state index in [1.54, 1.807) is 0 Å². The minimum absolute atomic E-state index is 0.0809. The van der Waals surface area contributed by atoms with Crippen molar-refractivity contribution in [3.8, 4) is 0 Å². The Hall–Kier alpha value is -1.73. The van der Waals surface area contributed by atoms with Gasteiger partial charge in [-0.25, -0.2) is 0 Å². The second kappa shape index (κ2) is 12.6. The van der Waals surface area contributed by atoms with Crippen molar-refractivity contribution in [2.75, 3.05) is 45.5 Å². The SMILES string of the molecule is CN=C(NCCCCN1CCC(C(N)=O)CC1)NCCSc1ccccc1. The van der Waals surface area contributed by atoms with Gasteiger partial charge in [-0.2, -0.15) is 0 Å². The van der Waals surface area contributed by atoms with E-state index >= 15 is 0 Å². The van der Waals surface area contributed by atoms with Crippen LogP contribution in [0.4, 0.5) is 0 Å². The van der Waals surface area contributed by atoms with Gasteiger partial charge in [0.05, 0.1) is 0 Å². The molecule has 1 fully saturated rings. The van der Waals surface area contributed by atoms with Crippen LogP contribution in [-0.2, 0) is 4.79 Å². The Balaban J connectivity index is 1.48. The summed E-state index contributed by atoms with van der Waals surface area (Å²) in [6, 6.07) is 10.4. The quantitative estimate of drug-likeness (QED) is 0.246. The van der Waals surface area contributed by atoms with Gasteiger partial charge in [0.1, 0.15) is 0 Å². The maximum absolute atomic E-state index is 11.2.